The predicted molar refractivity (Wildman–Crippen MR) is 250 cm³/mol. The van der Waals surface area contributed by atoms with Gasteiger partial charge in [0.2, 0.25) is 6.79 Å². The number of Topliss-reactive ketones (excluding diaryl/α,β-unsaturated/α-hetero) is 1. The summed E-state index contributed by atoms with van der Waals surface area (Å²) in [5.74, 6) is -2.45. The zero-order valence-corrected chi connectivity index (χ0v) is 40.4. The Hall–Kier alpha value is -3.96. The van der Waals surface area contributed by atoms with E-state index in [0.717, 1.165) is 44.1 Å². The van der Waals surface area contributed by atoms with Gasteiger partial charge in [-0.25, -0.2) is 4.79 Å². The number of ketones is 1. The van der Waals surface area contributed by atoms with Crippen LogP contribution in [0, 0.1) is 5.92 Å². The van der Waals surface area contributed by atoms with Crippen LogP contribution in [-0.2, 0) is 54.1 Å². The normalized spacial score (nSPS) is 11.5. The molecule has 1 atom stereocenters. The van der Waals surface area contributed by atoms with Crippen molar-refractivity contribution in [3.05, 3.63) is 29.8 Å². The number of esters is 4. The lowest BCUT2D eigenvalue weighted by Crippen LogP contribution is -2.31. The van der Waals surface area contributed by atoms with Crippen molar-refractivity contribution in [3.8, 4) is 5.75 Å². The predicted octanol–water partition coefficient (Wildman–Crippen LogP) is 13.2. The van der Waals surface area contributed by atoms with Crippen LogP contribution in [0.2, 0.25) is 0 Å². The first kappa shape index (κ1) is 58.1. The molecule has 0 spiro atoms. The molecule has 12 heteroatoms. The van der Waals surface area contributed by atoms with Crippen LogP contribution in [-0.4, -0.2) is 61.9 Å². The van der Waals surface area contributed by atoms with Gasteiger partial charge in [-0.15, -0.1) is 0 Å². The highest BCUT2D eigenvalue weighted by Crippen LogP contribution is 2.17. The molecule has 0 N–H and O–H groups in total. The van der Waals surface area contributed by atoms with Crippen LogP contribution in [0.25, 0.3) is 0 Å². The molecule has 1 rings (SSSR count). The highest BCUT2D eigenvalue weighted by atomic mass is 16.8. The van der Waals surface area contributed by atoms with Gasteiger partial charge in [0.25, 0.3) is 0 Å². The Balaban J connectivity index is 2.45. The second-order valence-corrected chi connectivity index (χ2v) is 17.6. The third-order valence-corrected chi connectivity index (χ3v) is 11.1. The summed E-state index contributed by atoms with van der Waals surface area (Å²) in [7, 11) is 0. The molecule has 0 aliphatic carbocycles. The maximum Gasteiger partial charge on any atom is 0.516 e. The highest BCUT2D eigenvalue weighted by molar-refractivity contribution is 5.78. The molecular formula is C52H86O12. The van der Waals surface area contributed by atoms with E-state index in [4.69, 9.17) is 28.4 Å². The van der Waals surface area contributed by atoms with E-state index in [2.05, 4.69) is 13.8 Å². The molecule has 0 aliphatic heterocycles. The van der Waals surface area contributed by atoms with Gasteiger partial charge in [-0.3, -0.25) is 24.0 Å². The van der Waals surface area contributed by atoms with Gasteiger partial charge >= 0.3 is 30.0 Å². The quantitative estimate of drug-likeness (QED) is 0.0201. The van der Waals surface area contributed by atoms with Crippen molar-refractivity contribution in [1.82, 2.24) is 0 Å². The maximum absolute atomic E-state index is 12.9. The fourth-order valence-electron chi connectivity index (χ4n) is 7.37. The van der Waals surface area contributed by atoms with Crippen LogP contribution in [0.1, 0.15) is 226 Å². The van der Waals surface area contributed by atoms with Gasteiger partial charge in [0.15, 0.2) is 6.10 Å². The summed E-state index contributed by atoms with van der Waals surface area (Å²) in [4.78, 5) is 73.9. The Morgan fingerprint density at radius 2 is 0.859 bits per heavy atom. The van der Waals surface area contributed by atoms with Crippen LogP contribution in [0.5, 0.6) is 5.75 Å². The van der Waals surface area contributed by atoms with E-state index < -0.39 is 48.8 Å². The SMILES string of the molecule is CCCCCCCCCCCCCCCC(=O)OCC(COC(=O)CCCCCCCCCCCCCCC)OC(=O)CC(C)CC(=O)OCOC(=O)Oc1ccc(CC(C)=O)cc1. The van der Waals surface area contributed by atoms with Gasteiger partial charge in [-0.05, 0) is 43.4 Å². The molecule has 64 heavy (non-hydrogen) atoms. The number of ether oxygens (including phenoxy) is 6. The van der Waals surface area contributed by atoms with E-state index in [0.29, 0.717) is 12.8 Å². The summed E-state index contributed by atoms with van der Waals surface area (Å²) in [6.45, 7) is 6.44. The van der Waals surface area contributed by atoms with Gasteiger partial charge in [0, 0.05) is 32.1 Å². The van der Waals surface area contributed by atoms with Crippen molar-refractivity contribution in [2.45, 2.75) is 233 Å². The highest BCUT2D eigenvalue weighted by Gasteiger charge is 2.22. The Kier molecular flexibility index (Phi) is 36.8. The molecule has 0 amide bonds. The Bertz CT molecular complexity index is 1330. The summed E-state index contributed by atoms with van der Waals surface area (Å²) in [6.07, 6.45) is 29.6. The molecule has 0 aromatic heterocycles. The second-order valence-electron chi connectivity index (χ2n) is 17.6. The number of benzene rings is 1. The molecule has 0 aliphatic rings. The lowest BCUT2D eigenvalue weighted by Gasteiger charge is -2.19. The fraction of sp³-hybridized carbons (Fsp3) is 0.769. The summed E-state index contributed by atoms with van der Waals surface area (Å²) in [5, 5.41) is 0. The Morgan fingerprint density at radius 3 is 1.27 bits per heavy atom. The van der Waals surface area contributed by atoms with Crippen molar-refractivity contribution in [1.29, 1.82) is 0 Å². The molecule has 12 nitrogen and oxygen atoms in total. The molecule has 1 aromatic rings. The monoisotopic (exact) mass is 903 g/mol. The largest absolute Gasteiger partial charge is 0.516 e. The van der Waals surface area contributed by atoms with Crippen LogP contribution in [0.15, 0.2) is 24.3 Å². The van der Waals surface area contributed by atoms with E-state index in [9.17, 15) is 28.8 Å². The van der Waals surface area contributed by atoms with Gasteiger partial charge in [-0.1, -0.05) is 187 Å². The van der Waals surface area contributed by atoms with Gasteiger partial charge in [0.05, 0.1) is 0 Å². The van der Waals surface area contributed by atoms with E-state index in [1.807, 2.05) is 0 Å². The zero-order chi connectivity index (χ0) is 46.9. The minimum absolute atomic E-state index is 0.00589. The van der Waals surface area contributed by atoms with Crippen LogP contribution >= 0.6 is 0 Å². The van der Waals surface area contributed by atoms with E-state index in [1.165, 1.54) is 135 Å². The molecule has 1 unspecified atom stereocenters. The number of carbonyl (C=O) groups is 6. The molecule has 0 radical (unpaired) electrons. The lowest BCUT2D eigenvalue weighted by atomic mass is 10.0. The van der Waals surface area contributed by atoms with Crippen LogP contribution < -0.4 is 4.74 Å². The molecule has 0 heterocycles. The topological polar surface area (TPSA) is 158 Å². The van der Waals surface area contributed by atoms with E-state index in [1.54, 1.807) is 19.1 Å². The number of carbonyl (C=O) groups excluding carboxylic acids is 6. The lowest BCUT2D eigenvalue weighted by molar-refractivity contribution is -0.168. The fourth-order valence-corrected chi connectivity index (χ4v) is 7.37. The van der Waals surface area contributed by atoms with Crippen molar-refractivity contribution in [2.24, 2.45) is 5.92 Å². The molecule has 1 aromatic carbocycles. The smallest absolute Gasteiger partial charge is 0.462 e. The van der Waals surface area contributed by atoms with E-state index in [-0.39, 0.29) is 56.9 Å². The van der Waals surface area contributed by atoms with Crippen molar-refractivity contribution < 1.29 is 57.2 Å². The summed E-state index contributed by atoms with van der Waals surface area (Å²) >= 11 is 0. The van der Waals surface area contributed by atoms with Crippen LogP contribution in [0.4, 0.5) is 4.79 Å². The third-order valence-electron chi connectivity index (χ3n) is 11.1. The first-order chi connectivity index (χ1) is 31.0. The first-order valence-corrected chi connectivity index (χ1v) is 25.1. The zero-order valence-electron chi connectivity index (χ0n) is 40.4. The van der Waals surface area contributed by atoms with Gasteiger partial charge < -0.3 is 28.4 Å². The molecule has 0 fully saturated rings. The first-order valence-electron chi connectivity index (χ1n) is 25.1. The summed E-state index contributed by atoms with van der Waals surface area (Å²) in [6, 6.07) is 6.35. The molecule has 366 valence electrons. The minimum atomic E-state index is -1.08. The summed E-state index contributed by atoms with van der Waals surface area (Å²) < 4.78 is 31.4. The number of hydrogen-bond donors (Lipinski definition) is 0. The van der Waals surface area contributed by atoms with Gasteiger partial charge in [-0.2, -0.15) is 0 Å². The van der Waals surface area contributed by atoms with Crippen molar-refractivity contribution >= 4 is 35.8 Å². The maximum atomic E-state index is 12.9. The Labute approximate surface area is 386 Å². The van der Waals surface area contributed by atoms with Crippen molar-refractivity contribution in [3.63, 3.8) is 0 Å². The van der Waals surface area contributed by atoms with Gasteiger partial charge in [0.1, 0.15) is 24.7 Å². The third kappa shape index (κ3) is 36.4. The second kappa shape index (κ2) is 40.5. The summed E-state index contributed by atoms with van der Waals surface area (Å²) in [5.41, 5.74) is 0.772. The van der Waals surface area contributed by atoms with Crippen molar-refractivity contribution in [2.75, 3.05) is 20.0 Å². The molecular weight excluding hydrogens is 817 g/mol. The van der Waals surface area contributed by atoms with Crippen LogP contribution in [0.3, 0.4) is 0 Å². The Morgan fingerprint density at radius 1 is 0.469 bits per heavy atom. The average molecular weight is 903 g/mol. The average Bonchev–Trinajstić information content (AvgIpc) is 3.25. The number of unbranched alkanes of at least 4 members (excludes halogenated alkanes) is 24. The standard InChI is InChI=1S/C52H86O12/c1-5-7-9-11-13-15-17-19-21-23-25-27-29-31-48(54)59-40-47(41-60-49(55)32-30-28-26-24-22-20-18-16-14-12-10-8-6-2)63-51(57)38-43(3)37-50(56)61-42-62-52(58)64-46-35-33-45(34-36-46)39-44(4)53/h33-36,43,47H,5-32,37-42H2,1-4H3. The number of hydrogen-bond acceptors (Lipinski definition) is 12. The van der Waals surface area contributed by atoms with E-state index >= 15 is 0 Å². The minimum Gasteiger partial charge on any atom is -0.462 e. The number of rotatable bonds is 42. The molecule has 0 saturated heterocycles. The molecule has 0 saturated carbocycles. The molecule has 0 bridgehead atoms.